The van der Waals surface area contributed by atoms with Gasteiger partial charge in [-0.1, -0.05) is 20.3 Å². The third-order valence-corrected chi connectivity index (χ3v) is 4.86. The Morgan fingerprint density at radius 1 is 1.28 bits per heavy atom. The zero-order valence-electron chi connectivity index (χ0n) is 12.1. The number of hydrogen-bond acceptors (Lipinski definition) is 3. The zero-order chi connectivity index (χ0) is 13.0. The monoisotopic (exact) mass is 254 g/mol. The summed E-state index contributed by atoms with van der Waals surface area (Å²) >= 11 is 0. The summed E-state index contributed by atoms with van der Waals surface area (Å²) in [4.78, 5) is 2.64. The van der Waals surface area contributed by atoms with Gasteiger partial charge in [-0.3, -0.25) is 4.90 Å². The number of nitrogens with two attached hydrogens (primary N) is 1. The first-order valence-corrected chi connectivity index (χ1v) is 7.80. The second-order valence-corrected chi connectivity index (χ2v) is 6.20. The van der Waals surface area contributed by atoms with E-state index in [0.29, 0.717) is 18.1 Å². The lowest BCUT2D eigenvalue weighted by atomic mass is 9.78. The van der Waals surface area contributed by atoms with Crippen LogP contribution in [0.5, 0.6) is 0 Å². The van der Waals surface area contributed by atoms with Crippen molar-refractivity contribution in [3.8, 4) is 0 Å². The maximum atomic E-state index is 5.98. The molecule has 1 saturated heterocycles. The Balaban J connectivity index is 1.94. The third kappa shape index (κ3) is 3.46. The van der Waals surface area contributed by atoms with E-state index in [4.69, 9.17) is 10.5 Å². The van der Waals surface area contributed by atoms with Crippen molar-refractivity contribution >= 4 is 0 Å². The number of hydrogen-bond donors (Lipinski definition) is 1. The van der Waals surface area contributed by atoms with Crippen molar-refractivity contribution in [1.82, 2.24) is 4.90 Å². The molecule has 2 rings (SSSR count). The van der Waals surface area contributed by atoms with E-state index in [1.807, 2.05) is 0 Å². The summed E-state index contributed by atoms with van der Waals surface area (Å²) in [5.74, 6) is 1.55. The lowest BCUT2D eigenvalue weighted by Crippen LogP contribution is -2.49. The second kappa shape index (κ2) is 6.88. The van der Waals surface area contributed by atoms with Crippen molar-refractivity contribution in [3.05, 3.63) is 0 Å². The molecule has 1 aliphatic carbocycles. The molecule has 1 saturated carbocycles. The Morgan fingerprint density at radius 2 is 2.11 bits per heavy atom. The van der Waals surface area contributed by atoms with Gasteiger partial charge in [-0.2, -0.15) is 0 Å². The SMILES string of the molecule is CCN(CC1CCCO1)C1CC(C)CCC1CN. The van der Waals surface area contributed by atoms with Gasteiger partial charge in [-0.25, -0.2) is 0 Å². The highest BCUT2D eigenvalue weighted by Crippen LogP contribution is 2.32. The van der Waals surface area contributed by atoms with Gasteiger partial charge in [0.1, 0.15) is 0 Å². The van der Waals surface area contributed by atoms with Gasteiger partial charge in [0.05, 0.1) is 6.10 Å². The molecule has 0 amide bonds. The standard InChI is InChI=1S/C15H30N2O/c1-3-17(11-14-5-4-8-18-14)15-9-12(2)6-7-13(15)10-16/h12-15H,3-11,16H2,1-2H3. The molecule has 0 bridgehead atoms. The Hall–Kier alpha value is -0.120. The first-order valence-electron chi connectivity index (χ1n) is 7.80. The van der Waals surface area contributed by atoms with Crippen LogP contribution in [0.3, 0.4) is 0 Å². The van der Waals surface area contributed by atoms with E-state index >= 15 is 0 Å². The lowest BCUT2D eigenvalue weighted by Gasteiger charge is -2.42. The molecule has 2 aliphatic rings. The molecule has 4 atom stereocenters. The van der Waals surface area contributed by atoms with Crippen molar-refractivity contribution in [1.29, 1.82) is 0 Å². The van der Waals surface area contributed by atoms with Gasteiger partial charge in [-0.15, -0.1) is 0 Å². The van der Waals surface area contributed by atoms with Crippen LogP contribution in [0.4, 0.5) is 0 Å². The van der Waals surface area contributed by atoms with Crippen LogP contribution in [-0.2, 0) is 4.74 Å². The van der Waals surface area contributed by atoms with Crippen LogP contribution >= 0.6 is 0 Å². The minimum Gasteiger partial charge on any atom is -0.377 e. The van der Waals surface area contributed by atoms with Crippen molar-refractivity contribution in [2.24, 2.45) is 17.6 Å². The molecule has 0 spiro atoms. The number of ether oxygens (including phenoxy) is 1. The predicted molar refractivity (Wildman–Crippen MR) is 75.6 cm³/mol. The van der Waals surface area contributed by atoms with E-state index in [1.165, 1.54) is 32.1 Å². The normalized spacial score (nSPS) is 37.3. The van der Waals surface area contributed by atoms with Crippen LogP contribution in [0.1, 0.15) is 46.0 Å². The van der Waals surface area contributed by atoms with Crippen molar-refractivity contribution in [2.45, 2.75) is 58.1 Å². The molecule has 0 radical (unpaired) electrons. The summed E-state index contributed by atoms with van der Waals surface area (Å²) in [6.45, 7) is 8.72. The van der Waals surface area contributed by atoms with Crippen LogP contribution in [0.2, 0.25) is 0 Å². The molecule has 0 aromatic rings. The molecule has 3 heteroatoms. The fraction of sp³-hybridized carbons (Fsp3) is 1.00. The average molecular weight is 254 g/mol. The third-order valence-electron chi connectivity index (χ3n) is 4.86. The van der Waals surface area contributed by atoms with E-state index < -0.39 is 0 Å². The second-order valence-electron chi connectivity index (χ2n) is 6.20. The van der Waals surface area contributed by atoms with Crippen LogP contribution in [0.25, 0.3) is 0 Å². The first kappa shape index (κ1) is 14.3. The molecule has 18 heavy (non-hydrogen) atoms. The maximum Gasteiger partial charge on any atom is 0.0702 e. The Labute approximate surface area is 112 Å². The summed E-state index contributed by atoms with van der Waals surface area (Å²) in [6.07, 6.45) is 6.94. The molecule has 2 fully saturated rings. The van der Waals surface area contributed by atoms with Crippen LogP contribution in [-0.4, -0.2) is 43.3 Å². The highest BCUT2D eigenvalue weighted by atomic mass is 16.5. The molecule has 106 valence electrons. The number of likely N-dealkylation sites (N-methyl/N-ethyl adjacent to an activating group) is 1. The maximum absolute atomic E-state index is 5.98. The molecular weight excluding hydrogens is 224 g/mol. The summed E-state index contributed by atoms with van der Waals surface area (Å²) in [5, 5.41) is 0. The first-order chi connectivity index (χ1) is 8.74. The summed E-state index contributed by atoms with van der Waals surface area (Å²) < 4.78 is 5.80. The van der Waals surface area contributed by atoms with E-state index in [-0.39, 0.29) is 0 Å². The van der Waals surface area contributed by atoms with Gasteiger partial charge in [0, 0.05) is 19.2 Å². The molecule has 4 unspecified atom stereocenters. The van der Waals surface area contributed by atoms with Gasteiger partial charge in [-0.05, 0) is 50.6 Å². The molecular formula is C15H30N2O. The smallest absolute Gasteiger partial charge is 0.0702 e. The van der Waals surface area contributed by atoms with Gasteiger partial charge >= 0.3 is 0 Å². The number of nitrogens with zero attached hydrogens (tertiary/aromatic N) is 1. The van der Waals surface area contributed by atoms with E-state index in [2.05, 4.69) is 18.7 Å². The van der Waals surface area contributed by atoms with Crippen LogP contribution in [0.15, 0.2) is 0 Å². The highest BCUT2D eigenvalue weighted by Gasteiger charge is 2.33. The van der Waals surface area contributed by atoms with Crippen molar-refractivity contribution in [3.63, 3.8) is 0 Å². The minimum atomic E-state index is 0.473. The van der Waals surface area contributed by atoms with Crippen LogP contribution in [0, 0.1) is 11.8 Å². The van der Waals surface area contributed by atoms with Gasteiger partial charge in [0.25, 0.3) is 0 Å². The minimum absolute atomic E-state index is 0.473. The van der Waals surface area contributed by atoms with Gasteiger partial charge in [0.15, 0.2) is 0 Å². The predicted octanol–water partition coefficient (Wildman–Crippen LogP) is 2.25. The van der Waals surface area contributed by atoms with E-state index in [9.17, 15) is 0 Å². The van der Waals surface area contributed by atoms with E-state index in [1.54, 1.807) is 0 Å². The topological polar surface area (TPSA) is 38.5 Å². The zero-order valence-corrected chi connectivity index (χ0v) is 12.1. The fourth-order valence-corrected chi connectivity index (χ4v) is 3.68. The molecule has 3 nitrogen and oxygen atoms in total. The van der Waals surface area contributed by atoms with E-state index in [0.717, 1.165) is 32.2 Å². The Morgan fingerprint density at radius 3 is 2.72 bits per heavy atom. The highest BCUT2D eigenvalue weighted by molar-refractivity contribution is 4.87. The summed E-state index contributed by atoms with van der Waals surface area (Å²) in [5.41, 5.74) is 5.98. The largest absolute Gasteiger partial charge is 0.377 e. The fourth-order valence-electron chi connectivity index (χ4n) is 3.68. The van der Waals surface area contributed by atoms with Crippen LogP contribution < -0.4 is 5.73 Å². The summed E-state index contributed by atoms with van der Waals surface area (Å²) in [7, 11) is 0. The Kier molecular flexibility index (Phi) is 5.46. The van der Waals surface area contributed by atoms with Gasteiger partial charge in [0.2, 0.25) is 0 Å². The quantitative estimate of drug-likeness (QED) is 0.818. The lowest BCUT2D eigenvalue weighted by molar-refractivity contribution is 0.0278. The van der Waals surface area contributed by atoms with Crippen molar-refractivity contribution < 1.29 is 4.74 Å². The molecule has 0 aromatic carbocycles. The van der Waals surface area contributed by atoms with Gasteiger partial charge < -0.3 is 10.5 Å². The van der Waals surface area contributed by atoms with Crippen molar-refractivity contribution in [2.75, 3.05) is 26.2 Å². The Bertz CT molecular complexity index is 241. The number of rotatable bonds is 5. The average Bonchev–Trinajstić information content (AvgIpc) is 2.88. The molecule has 1 aliphatic heterocycles. The molecule has 0 aromatic heterocycles. The molecule has 1 heterocycles. The molecule has 2 N–H and O–H groups in total. The summed E-state index contributed by atoms with van der Waals surface area (Å²) in [6, 6.07) is 0.688.